The first-order chi connectivity index (χ1) is 11.0. The van der Waals surface area contributed by atoms with Crippen LogP contribution < -0.4 is 14.2 Å². The Morgan fingerprint density at radius 2 is 1.74 bits per heavy atom. The normalized spacial score (nSPS) is 13.5. The van der Waals surface area contributed by atoms with E-state index in [0.29, 0.717) is 11.4 Å². The highest BCUT2D eigenvalue weighted by Gasteiger charge is 2.21. The highest BCUT2D eigenvalue weighted by atomic mass is 32.2. The first-order valence-corrected chi connectivity index (χ1v) is 8.88. The molecule has 6 heteroatoms. The molecule has 0 fully saturated rings. The topological polar surface area (TPSA) is 64.6 Å². The predicted molar refractivity (Wildman–Crippen MR) is 88.8 cm³/mol. The Bertz CT molecular complexity index is 830. The molecule has 1 aliphatic carbocycles. The van der Waals surface area contributed by atoms with Gasteiger partial charge in [-0.15, -0.1) is 0 Å². The molecule has 0 bridgehead atoms. The lowest BCUT2D eigenvalue weighted by Crippen LogP contribution is -2.14. The number of benzene rings is 2. The van der Waals surface area contributed by atoms with E-state index in [9.17, 15) is 8.42 Å². The largest absolute Gasteiger partial charge is 0.497 e. The second-order valence-corrected chi connectivity index (χ2v) is 7.11. The second-order valence-electron chi connectivity index (χ2n) is 5.46. The van der Waals surface area contributed by atoms with Crippen LogP contribution in [0.4, 0.5) is 5.69 Å². The van der Waals surface area contributed by atoms with Gasteiger partial charge >= 0.3 is 0 Å². The van der Waals surface area contributed by atoms with Crippen molar-refractivity contribution >= 4 is 15.7 Å². The summed E-state index contributed by atoms with van der Waals surface area (Å²) in [4.78, 5) is 0.0845. The summed E-state index contributed by atoms with van der Waals surface area (Å²) in [6, 6.07) is 10.3. The summed E-state index contributed by atoms with van der Waals surface area (Å²) in [5, 5.41) is 0. The molecule has 3 rings (SSSR count). The molecular formula is C17H19NO4S. The number of sulfonamides is 1. The molecule has 1 N–H and O–H groups in total. The Morgan fingerprint density at radius 3 is 2.48 bits per heavy atom. The van der Waals surface area contributed by atoms with Crippen LogP contribution in [0, 0.1) is 0 Å². The van der Waals surface area contributed by atoms with E-state index >= 15 is 0 Å². The number of ether oxygens (including phenoxy) is 2. The van der Waals surface area contributed by atoms with E-state index in [0.717, 1.165) is 19.3 Å². The maximum Gasteiger partial charge on any atom is 0.265 e. The van der Waals surface area contributed by atoms with Crippen molar-refractivity contribution in [3.8, 4) is 11.5 Å². The molecule has 0 spiro atoms. The highest BCUT2D eigenvalue weighted by Crippen LogP contribution is 2.31. The molecule has 1 aliphatic rings. The van der Waals surface area contributed by atoms with Gasteiger partial charge in [0.2, 0.25) is 0 Å². The summed E-state index contributed by atoms with van der Waals surface area (Å²) in [6.07, 6.45) is 3.18. The van der Waals surface area contributed by atoms with Crippen LogP contribution in [0.25, 0.3) is 0 Å². The lowest BCUT2D eigenvalue weighted by Gasteiger charge is -2.13. The van der Waals surface area contributed by atoms with Crippen molar-refractivity contribution < 1.29 is 17.9 Å². The number of nitrogens with one attached hydrogen (secondary N) is 1. The summed E-state index contributed by atoms with van der Waals surface area (Å²) < 4.78 is 38.2. The predicted octanol–water partition coefficient (Wildman–Crippen LogP) is 2.99. The number of fused-ring (bicyclic) bond motifs is 1. The van der Waals surface area contributed by atoms with E-state index in [1.54, 1.807) is 18.2 Å². The zero-order valence-corrected chi connectivity index (χ0v) is 13.9. The van der Waals surface area contributed by atoms with Gasteiger partial charge in [0.25, 0.3) is 10.0 Å². The lowest BCUT2D eigenvalue weighted by molar-refractivity contribution is 0.386. The quantitative estimate of drug-likeness (QED) is 0.913. The molecule has 0 saturated carbocycles. The van der Waals surface area contributed by atoms with Gasteiger partial charge in [0.15, 0.2) is 0 Å². The standard InChI is InChI=1S/C17H19NO4S/c1-21-15-8-9-17(16(11-15)22-2)23(19,20)18-14-7-6-12-4-3-5-13(12)10-14/h6-11,18H,3-5H2,1-2H3. The van der Waals surface area contributed by atoms with Gasteiger partial charge in [-0.2, -0.15) is 0 Å². The fourth-order valence-electron chi connectivity index (χ4n) is 2.84. The number of rotatable bonds is 5. The minimum Gasteiger partial charge on any atom is -0.497 e. The maximum absolute atomic E-state index is 12.6. The zero-order chi connectivity index (χ0) is 16.4. The lowest BCUT2D eigenvalue weighted by atomic mass is 10.1. The number of aryl methyl sites for hydroxylation is 2. The fourth-order valence-corrected chi connectivity index (χ4v) is 4.04. The number of methoxy groups -OCH3 is 2. The van der Waals surface area contributed by atoms with Crippen LogP contribution in [0.5, 0.6) is 11.5 Å². The Balaban J connectivity index is 1.93. The first kappa shape index (κ1) is 15.7. The number of anilines is 1. The van der Waals surface area contributed by atoms with E-state index in [4.69, 9.17) is 9.47 Å². The molecule has 2 aromatic carbocycles. The van der Waals surface area contributed by atoms with Crippen molar-refractivity contribution in [2.24, 2.45) is 0 Å². The van der Waals surface area contributed by atoms with Crippen molar-refractivity contribution in [2.75, 3.05) is 18.9 Å². The summed E-state index contributed by atoms with van der Waals surface area (Å²) in [5.41, 5.74) is 3.09. The minimum absolute atomic E-state index is 0.0845. The third kappa shape index (κ3) is 3.12. The average Bonchev–Trinajstić information content (AvgIpc) is 3.01. The molecule has 0 heterocycles. The molecule has 5 nitrogen and oxygen atoms in total. The van der Waals surface area contributed by atoms with Gasteiger partial charge < -0.3 is 9.47 Å². The van der Waals surface area contributed by atoms with E-state index in [2.05, 4.69) is 4.72 Å². The molecule has 0 atom stereocenters. The van der Waals surface area contributed by atoms with Crippen LogP contribution in [0.15, 0.2) is 41.3 Å². The maximum atomic E-state index is 12.6. The molecule has 0 radical (unpaired) electrons. The average molecular weight is 333 g/mol. The Morgan fingerprint density at radius 1 is 0.957 bits per heavy atom. The van der Waals surface area contributed by atoms with E-state index in [1.165, 1.54) is 31.4 Å². The first-order valence-electron chi connectivity index (χ1n) is 7.40. The Kier molecular flexibility index (Phi) is 4.17. The van der Waals surface area contributed by atoms with Crippen molar-refractivity contribution in [1.82, 2.24) is 0 Å². The molecular weight excluding hydrogens is 314 g/mol. The van der Waals surface area contributed by atoms with Gasteiger partial charge in [-0.1, -0.05) is 6.07 Å². The Hall–Kier alpha value is -2.21. The summed E-state index contributed by atoms with van der Waals surface area (Å²) in [5.74, 6) is 0.788. The molecule has 0 saturated heterocycles. The van der Waals surface area contributed by atoms with Crippen LogP contribution >= 0.6 is 0 Å². The summed E-state index contributed by atoms with van der Waals surface area (Å²) in [7, 11) is -0.776. The zero-order valence-electron chi connectivity index (χ0n) is 13.1. The second kappa shape index (κ2) is 6.12. The molecule has 122 valence electrons. The third-order valence-electron chi connectivity index (χ3n) is 4.01. The van der Waals surface area contributed by atoms with Crippen molar-refractivity contribution in [3.05, 3.63) is 47.5 Å². The van der Waals surface area contributed by atoms with Crippen LogP contribution in [0.3, 0.4) is 0 Å². The molecule has 0 aromatic heterocycles. The van der Waals surface area contributed by atoms with Gasteiger partial charge in [0.1, 0.15) is 16.4 Å². The van der Waals surface area contributed by atoms with Gasteiger partial charge in [0, 0.05) is 11.8 Å². The van der Waals surface area contributed by atoms with E-state index in [-0.39, 0.29) is 10.6 Å². The van der Waals surface area contributed by atoms with Gasteiger partial charge in [-0.05, 0) is 54.7 Å². The summed E-state index contributed by atoms with van der Waals surface area (Å²) in [6.45, 7) is 0. The van der Waals surface area contributed by atoms with Crippen LogP contribution in [0.2, 0.25) is 0 Å². The molecule has 0 amide bonds. The fraction of sp³-hybridized carbons (Fsp3) is 0.294. The number of hydrogen-bond donors (Lipinski definition) is 1. The Labute approximate surface area is 136 Å². The highest BCUT2D eigenvalue weighted by molar-refractivity contribution is 7.92. The third-order valence-corrected chi connectivity index (χ3v) is 5.43. The molecule has 2 aromatic rings. The molecule has 0 aliphatic heterocycles. The smallest absolute Gasteiger partial charge is 0.265 e. The van der Waals surface area contributed by atoms with Crippen molar-refractivity contribution in [3.63, 3.8) is 0 Å². The molecule has 0 unspecified atom stereocenters. The summed E-state index contributed by atoms with van der Waals surface area (Å²) >= 11 is 0. The number of hydrogen-bond acceptors (Lipinski definition) is 4. The minimum atomic E-state index is -3.73. The van der Waals surface area contributed by atoms with Crippen molar-refractivity contribution in [1.29, 1.82) is 0 Å². The van der Waals surface area contributed by atoms with Crippen molar-refractivity contribution in [2.45, 2.75) is 24.2 Å². The molecule has 23 heavy (non-hydrogen) atoms. The van der Waals surface area contributed by atoms with Gasteiger partial charge in [0.05, 0.1) is 14.2 Å². The monoisotopic (exact) mass is 333 g/mol. The van der Waals surface area contributed by atoms with E-state index < -0.39 is 10.0 Å². The van der Waals surface area contributed by atoms with Crippen LogP contribution in [0.1, 0.15) is 17.5 Å². The van der Waals surface area contributed by atoms with E-state index in [1.807, 2.05) is 12.1 Å². The van der Waals surface area contributed by atoms with Gasteiger partial charge in [-0.3, -0.25) is 4.72 Å². The van der Waals surface area contributed by atoms with Crippen LogP contribution in [-0.4, -0.2) is 22.6 Å². The SMILES string of the molecule is COc1ccc(S(=O)(=O)Nc2ccc3c(c2)CCC3)c(OC)c1. The van der Waals surface area contributed by atoms with Gasteiger partial charge in [-0.25, -0.2) is 8.42 Å². The van der Waals surface area contributed by atoms with Crippen LogP contribution in [-0.2, 0) is 22.9 Å².